The maximum absolute atomic E-state index is 12.2. The van der Waals surface area contributed by atoms with Crippen molar-refractivity contribution in [2.75, 3.05) is 23.7 Å². The minimum Gasteiger partial charge on any atom is -0.367 e. The van der Waals surface area contributed by atoms with Crippen molar-refractivity contribution in [3.8, 4) is 0 Å². The van der Waals surface area contributed by atoms with Crippen molar-refractivity contribution < 1.29 is 8.42 Å². The highest BCUT2D eigenvalue weighted by atomic mass is 35.5. The van der Waals surface area contributed by atoms with E-state index in [9.17, 15) is 8.42 Å². The largest absolute Gasteiger partial charge is 0.367 e. The first kappa shape index (κ1) is 19.0. The SMILES string of the molecule is O=S(=O)(NCCNc1ccc(Nc2cccnc2)nn1)c1cccc(Cl)c1. The minimum absolute atomic E-state index is 0.126. The Morgan fingerprint density at radius 2 is 1.78 bits per heavy atom. The fraction of sp³-hybridized carbons (Fsp3) is 0.118. The molecule has 0 aliphatic carbocycles. The summed E-state index contributed by atoms with van der Waals surface area (Å²) in [6.07, 6.45) is 3.37. The molecule has 0 radical (unpaired) electrons. The summed E-state index contributed by atoms with van der Waals surface area (Å²) in [6, 6.07) is 13.3. The summed E-state index contributed by atoms with van der Waals surface area (Å²) in [5, 5.41) is 14.5. The van der Waals surface area contributed by atoms with Gasteiger partial charge in [0.2, 0.25) is 10.0 Å². The Kier molecular flexibility index (Phi) is 6.17. The summed E-state index contributed by atoms with van der Waals surface area (Å²) in [4.78, 5) is 4.13. The van der Waals surface area contributed by atoms with Gasteiger partial charge in [-0.15, -0.1) is 10.2 Å². The smallest absolute Gasteiger partial charge is 0.240 e. The Morgan fingerprint density at radius 3 is 2.48 bits per heavy atom. The zero-order valence-electron chi connectivity index (χ0n) is 14.1. The van der Waals surface area contributed by atoms with Gasteiger partial charge in [-0.05, 0) is 42.5 Å². The van der Waals surface area contributed by atoms with Crippen LogP contribution in [0.5, 0.6) is 0 Å². The van der Waals surface area contributed by atoms with Crippen LogP contribution in [-0.4, -0.2) is 36.7 Å². The Balaban J connectivity index is 1.48. The highest BCUT2D eigenvalue weighted by Crippen LogP contribution is 2.15. The Bertz CT molecular complexity index is 984. The van der Waals surface area contributed by atoms with Crippen LogP contribution >= 0.6 is 11.6 Å². The summed E-state index contributed by atoms with van der Waals surface area (Å²) in [5.41, 5.74) is 0.808. The highest BCUT2D eigenvalue weighted by Gasteiger charge is 2.13. The normalized spacial score (nSPS) is 11.1. The van der Waals surface area contributed by atoms with Crippen molar-refractivity contribution in [3.63, 3.8) is 0 Å². The lowest BCUT2D eigenvalue weighted by molar-refractivity contribution is 0.583. The Morgan fingerprint density at radius 1 is 0.963 bits per heavy atom. The second-order valence-electron chi connectivity index (χ2n) is 5.45. The molecule has 0 amide bonds. The molecule has 0 saturated carbocycles. The van der Waals surface area contributed by atoms with Gasteiger partial charge in [0.15, 0.2) is 5.82 Å². The lowest BCUT2D eigenvalue weighted by atomic mass is 10.4. The molecule has 1 aromatic carbocycles. The average Bonchev–Trinajstić information content (AvgIpc) is 2.67. The first-order valence-electron chi connectivity index (χ1n) is 8.03. The van der Waals surface area contributed by atoms with Gasteiger partial charge in [0, 0.05) is 24.3 Å². The van der Waals surface area contributed by atoms with Crippen molar-refractivity contribution in [2.45, 2.75) is 4.90 Å². The number of rotatable bonds is 8. The van der Waals surface area contributed by atoms with Gasteiger partial charge in [0.1, 0.15) is 5.82 Å². The molecule has 2 aromatic heterocycles. The summed E-state index contributed by atoms with van der Waals surface area (Å²) < 4.78 is 26.9. The van der Waals surface area contributed by atoms with E-state index in [1.54, 1.807) is 36.7 Å². The van der Waals surface area contributed by atoms with E-state index in [4.69, 9.17) is 11.6 Å². The number of nitrogens with zero attached hydrogens (tertiary/aromatic N) is 3. The van der Waals surface area contributed by atoms with Crippen molar-refractivity contribution >= 4 is 38.9 Å². The van der Waals surface area contributed by atoms with Gasteiger partial charge >= 0.3 is 0 Å². The molecule has 140 valence electrons. The van der Waals surface area contributed by atoms with Crippen LogP contribution in [0, 0.1) is 0 Å². The third-order valence-corrected chi connectivity index (χ3v) is 5.12. The summed E-state index contributed by atoms with van der Waals surface area (Å²) in [5.74, 6) is 1.11. The number of aromatic nitrogens is 3. The monoisotopic (exact) mass is 404 g/mol. The van der Waals surface area contributed by atoms with E-state index >= 15 is 0 Å². The minimum atomic E-state index is -3.60. The maximum Gasteiger partial charge on any atom is 0.240 e. The van der Waals surface area contributed by atoms with Crippen LogP contribution < -0.4 is 15.4 Å². The van der Waals surface area contributed by atoms with E-state index in [1.807, 2.05) is 12.1 Å². The molecule has 10 heteroatoms. The molecule has 0 aliphatic rings. The number of halogens is 1. The summed E-state index contributed by atoms with van der Waals surface area (Å²) in [6.45, 7) is 0.538. The molecule has 0 bridgehead atoms. The lowest BCUT2D eigenvalue weighted by Crippen LogP contribution is -2.29. The third-order valence-electron chi connectivity index (χ3n) is 3.43. The molecule has 8 nitrogen and oxygen atoms in total. The standard InChI is InChI=1S/C17H17ClN6O2S/c18-13-3-1-5-15(11-13)27(25,26)21-10-9-20-16-6-7-17(24-23-16)22-14-4-2-8-19-12-14/h1-8,11-12,21H,9-10H2,(H,20,23)(H,22,24). The molecule has 3 aromatic rings. The second-order valence-corrected chi connectivity index (χ2v) is 7.66. The molecule has 0 aliphatic heterocycles. The molecule has 0 fully saturated rings. The topological polar surface area (TPSA) is 109 Å². The number of hydrogen-bond acceptors (Lipinski definition) is 7. The van der Waals surface area contributed by atoms with Crippen molar-refractivity contribution in [1.29, 1.82) is 0 Å². The van der Waals surface area contributed by atoms with Crippen LogP contribution in [0.25, 0.3) is 0 Å². The van der Waals surface area contributed by atoms with Gasteiger partial charge in [-0.2, -0.15) is 0 Å². The zero-order valence-corrected chi connectivity index (χ0v) is 15.7. The summed E-state index contributed by atoms with van der Waals surface area (Å²) >= 11 is 5.83. The van der Waals surface area contributed by atoms with Crippen LogP contribution in [0.1, 0.15) is 0 Å². The molecule has 27 heavy (non-hydrogen) atoms. The van der Waals surface area contributed by atoms with Crippen LogP contribution in [-0.2, 0) is 10.0 Å². The van der Waals surface area contributed by atoms with Gasteiger partial charge < -0.3 is 10.6 Å². The average molecular weight is 405 g/mol. The van der Waals surface area contributed by atoms with E-state index in [-0.39, 0.29) is 11.4 Å². The fourth-order valence-corrected chi connectivity index (χ4v) is 3.50. The molecule has 0 saturated heterocycles. The predicted octanol–water partition coefficient (Wildman–Crippen LogP) is 2.66. The van der Waals surface area contributed by atoms with Crippen molar-refractivity contribution in [2.24, 2.45) is 0 Å². The molecule has 0 unspecified atom stereocenters. The Hall–Kier alpha value is -2.75. The van der Waals surface area contributed by atoms with E-state index in [2.05, 4.69) is 30.5 Å². The number of benzene rings is 1. The van der Waals surface area contributed by atoms with Crippen LogP contribution in [0.15, 0.2) is 65.8 Å². The van der Waals surface area contributed by atoms with Crippen LogP contribution in [0.4, 0.5) is 17.3 Å². The summed E-state index contributed by atoms with van der Waals surface area (Å²) in [7, 11) is -3.60. The first-order valence-corrected chi connectivity index (χ1v) is 9.89. The van der Waals surface area contributed by atoms with Gasteiger partial charge in [0.25, 0.3) is 0 Å². The van der Waals surface area contributed by atoms with Crippen LogP contribution in [0.3, 0.4) is 0 Å². The van der Waals surface area contributed by atoms with E-state index < -0.39 is 10.0 Å². The number of anilines is 3. The van der Waals surface area contributed by atoms with Gasteiger partial charge in [0.05, 0.1) is 16.8 Å². The van der Waals surface area contributed by atoms with Crippen molar-refractivity contribution in [1.82, 2.24) is 19.9 Å². The van der Waals surface area contributed by atoms with Gasteiger partial charge in [-0.1, -0.05) is 17.7 Å². The van der Waals surface area contributed by atoms with Crippen molar-refractivity contribution in [3.05, 3.63) is 65.9 Å². The van der Waals surface area contributed by atoms with E-state index in [1.165, 1.54) is 12.1 Å². The predicted molar refractivity (Wildman–Crippen MR) is 105 cm³/mol. The fourth-order valence-electron chi connectivity index (χ4n) is 2.17. The van der Waals surface area contributed by atoms with Gasteiger partial charge in [-0.25, -0.2) is 13.1 Å². The molecule has 3 rings (SSSR count). The van der Waals surface area contributed by atoms with E-state index in [0.29, 0.717) is 23.2 Å². The number of pyridine rings is 1. The van der Waals surface area contributed by atoms with E-state index in [0.717, 1.165) is 5.69 Å². The molecular formula is C17H17ClN6O2S. The second kappa shape index (κ2) is 8.76. The molecular weight excluding hydrogens is 388 g/mol. The molecule has 2 heterocycles. The highest BCUT2D eigenvalue weighted by molar-refractivity contribution is 7.89. The molecule has 0 spiro atoms. The quantitative estimate of drug-likeness (QED) is 0.495. The number of nitrogens with one attached hydrogen (secondary N) is 3. The van der Waals surface area contributed by atoms with Gasteiger partial charge in [-0.3, -0.25) is 4.98 Å². The molecule has 3 N–H and O–H groups in total. The zero-order chi connectivity index (χ0) is 19.1. The molecule has 0 atom stereocenters. The third kappa shape index (κ3) is 5.61. The first-order chi connectivity index (χ1) is 13.0. The maximum atomic E-state index is 12.2. The number of hydrogen-bond donors (Lipinski definition) is 3. The lowest BCUT2D eigenvalue weighted by Gasteiger charge is -2.09. The van der Waals surface area contributed by atoms with Crippen LogP contribution in [0.2, 0.25) is 5.02 Å². The Labute approximate surface area is 162 Å². The number of sulfonamides is 1.